The van der Waals surface area contributed by atoms with Crippen LogP contribution in [0.5, 0.6) is 0 Å². The van der Waals surface area contributed by atoms with Crippen LogP contribution in [0.2, 0.25) is 5.28 Å². The highest BCUT2D eigenvalue weighted by molar-refractivity contribution is 6.28. The van der Waals surface area contributed by atoms with Gasteiger partial charge in [-0.1, -0.05) is 104 Å². The van der Waals surface area contributed by atoms with Crippen molar-refractivity contribution in [3.8, 4) is 0 Å². The minimum absolute atomic E-state index is 0.0332. The molecule has 2 aliphatic rings. The molecule has 2 fully saturated rings. The van der Waals surface area contributed by atoms with Gasteiger partial charge >= 0.3 is 0 Å². The molecule has 1 aromatic heterocycles. The number of hydroxylamine groups is 4. The molecule has 2 aliphatic heterocycles. The monoisotopic (exact) mass is 792 g/mol. The van der Waals surface area contributed by atoms with Gasteiger partial charge in [-0.05, 0) is 130 Å². The van der Waals surface area contributed by atoms with Gasteiger partial charge < -0.3 is 10.6 Å². The summed E-state index contributed by atoms with van der Waals surface area (Å²) in [6.45, 7) is 26.7. The second-order valence-electron chi connectivity index (χ2n) is 19.7. The highest BCUT2D eigenvalue weighted by Gasteiger charge is 2.47. The van der Waals surface area contributed by atoms with Gasteiger partial charge in [0.15, 0.2) is 0 Å². The molecule has 0 bridgehead atoms. The number of halogens is 1. The summed E-state index contributed by atoms with van der Waals surface area (Å²) < 4.78 is 0. The highest BCUT2D eigenvalue weighted by atomic mass is 35.5. The Labute approximate surface area is 343 Å². The second-order valence-corrected chi connectivity index (χ2v) is 20.0. The summed E-state index contributed by atoms with van der Waals surface area (Å²) in [5.74, 6) is 2.49. The fourth-order valence-electron chi connectivity index (χ4n) is 10.1. The summed E-state index contributed by atoms with van der Waals surface area (Å²) in [6, 6.07) is 0. The van der Waals surface area contributed by atoms with Crippen molar-refractivity contribution >= 4 is 23.5 Å². The molecule has 320 valence electrons. The quantitative estimate of drug-likeness (QED) is 0.0805. The number of aromatic nitrogens is 3. The van der Waals surface area contributed by atoms with Crippen LogP contribution in [-0.2, 0) is 9.68 Å². The minimum atomic E-state index is 0.0332. The average Bonchev–Trinajstić information content (AvgIpc) is 3.08. The predicted molar refractivity (Wildman–Crippen MR) is 234 cm³/mol. The number of nitrogens with one attached hydrogen (secondary N) is 2. The van der Waals surface area contributed by atoms with Crippen LogP contribution in [0.15, 0.2) is 0 Å². The Bertz CT molecular complexity index is 1070. The summed E-state index contributed by atoms with van der Waals surface area (Å²) >= 11 is 6.32. The third-order valence-electron chi connectivity index (χ3n) is 12.0. The van der Waals surface area contributed by atoms with Crippen LogP contribution in [0.3, 0.4) is 0 Å². The van der Waals surface area contributed by atoms with E-state index in [-0.39, 0.29) is 27.4 Å². The van der Waals surface area contributed by atoms with Crippen molar-refractivity contribution in [2.75, 3.05) is 36.9 Å². The second kappa shape index (κ2) is 24.0. The molecular weight excluding hydrogens is 706 g/mol. The molecule has 10 heteroatoms. The third kappa shape index (κ3) is 17.2. The van der Waals surface area contributed by atoms with Gasteiger partial charge in [-0.15, -0.1) is 0 Å². The van der Waals surface area contributed by atoms with Crippen molar-refractivity contribution in [2.45, 2.75) is 233 Å². The maximum absolute atomic E-state index is 6.46. The number of anilines is 2. The standard InChI is InChI=1S/C45H86ClN7O2/c1-11-13-15-17-19-25-31-54-52-42(3,4)33-37(34-43(52,5)6)27-21-23-29-47-40-49-39(46)50-41(51-40)48-30-24-22-28-38-35-44(7,8)53(45(9,10)36-38)55-32-26-20-18-16-14-12-2/h37-38H,11-36H2,1-10H3,(H2,47,48,49,50,51). The van der Waals surface area contributed by atoms with Gasteiger partial charge in [0.25, 0.3) is 0 Å². The topological polar surface area (TPSA) is 87.7 Å². The Morgan fingerprint density at radius 1 is 0.509 bits per heavy atom. The molecule has 0 radical (unpaired) electrons. The predicted octanol–water partition coefficient (Wildman–Crippen LogP) is 12.8. The van der Waals surface area contributed by atoms with Crippen LogP contribution in [0.1, 0.15) is 210 Å². The molecule has 0 unspecified atom stereocenters. The van der Waals surface area contributed by atoms with Crippen LogP contribution in [0.4, 0.5) is 11.9 Å². The van der Waals surface area contributed by atoms with E-state index in [4.69, 9.17) is 21.3 Å². The van der Waals surface area contributed by atoms with Crippen molar-refractivity contribution in [3.63, 3.8) is 0 Å². The van der Waals surface area contributed by atoms with E-state index in [9.17, 15) is 0 Å². The van der Waals surface area contributed by atoms with E-state index in [2.05, 4.69) is 105 Å². The largest absolute Gasteiger partial charge is 0.354 e. The molecule has 1 aromatic rings. The number of hydrogen-bond acceptors (Lipinski definition) is 9. The van der Waals surface area contributed by atoms with Crippen LogP contribution >= 0.6 is 11.6 Å². The first-order valence-electron chi connectivity index (χ1n) is 22.9. The first-order valence-corrected chi connectivity index (χ1v) is 23.2. The van der Waals surface area contributed by atoms with Gasteiger partial charge in [0, 0.05) is 35.2 Å². The molecule has 3 heterocycles. The van der Waals surface area contributed by atoms with Gasteiger partial charge in [0.1, 0.15) is 0 Å². The fourth-order valence-corrected chi connectivity index (χ4v) is 10.3. The summed E-state index contributed by atoms with van der Waals surface area (Å²) in [5, 5.41) is 11.7. The molecule has 0 spiro atoms. The lowest BCUT2D eigenvalue weighted by molar-refractivity contribution is -0.288. The van der Waals surface area contributed by atoms with E-state index in [0.29, 0.717) is 23.7 Å². The molecule has 0 amide bonds. The highest BCUT2D eigenvalue weighted by Crippen LogP contribution is 2.44. The Hall–Kier alpha value is -1.26. The molecule has 2 N–H and O–H groups in total. The van der Waals surface area contributed by atoms with E-state index in [1.54, 1.807) is 0 Å². The first-order chi connectivity index (χ1) is 26.1. The van der Waals surface area contributed by atoms with Crippen LogP contribution in [0, 0.1) is 11.8 Å². The normalized spacial score (nSPS) is 20.2. The number of hydrogen-bond donors (Lipinski definition) is 2. The summed E-state index contributed by atoms with van der Waals surface area (Å²) in [4.78, 5) is 26.3. The maximum Gasteiger partial charge on any atom is 0.228 e. The third-order valence-corrected chi connectivity index (χ3v) is 12.2. The average molecular weight is 793 g/mol. The van der Waals surface area contributed by atoms with Gasteiger partial charge in [-0.2, -0.15) is 25.1 Å². The number of nitrogens with zero attached hydrogens (tertiary/aromatic N) is 5. The van der Waals surface area contributed by atoms with Gasteiger partial charge in [-0.3, -0.25) is 9.68 Å². The summed E-state index contributed by atoms with van der Waals surface area (Å²) in [5.41, 5.74) is 0.133. The van der Waals surface area contributed by atoms with Crippen molar-refractivity contribution in [1.82, 2.24) is 25.1 Å². The van der Waals surface area contributed by atoms with Crippen LogP contribution in [-0.4, -0.2) is 73.5 Å². The fraction of sp³-hybridized carbons (Fsp3) is 0.933. The molecule has 9 nitrogen and oxygen atoms in total. The molecule has 3 rings (SSSR count). The lowest BCUT2D eigenvalue weighted by atomic mass is 9.73. The molecule has 0 aliphatic carbocycles. The lowest BCUT2D eigenvalue weighted by Crippen LogP contribution is -2.60. The lowest BCUT2D eigenvalue weighted by Gasteiger charge is -2.54. The number of piperidine rings is 2. The Morgan fingerprint density at radius 3 is 1.22 bits per heavy atom. The first kappa shape index (κ1) is 48.1. The zero-order chi connectivity index (χ0) is 40.4. The van der Waals surface area contributed by atoms with Gasteiger partial charge in [-0.25, -0.2) is 0 Å². The van der Waals surface area contributed by atoms with E-state index >= 15 is 0 Å². The minimum Gasteiger partial charge on any atom is -0.354 e. The van der Waals surface area contributed by atoms with Crippen LogP contribution < -0.4 is 10.6 Å². The number of rotatable bonds is 28. The number of unbranched alkanes of at least 4 members (excludes halogenated alkanes) is 12. The van der Waals surface area contributed by atoms with Crippen molar-refractivity contribution < 1.29 is 9.68 Å². The molecule has 0 aromatic carbocycles. The maximum atomic E-state index is 6.46. The van der Waals surface area contributed by atoms with Crippen LogP contribution in [0.25, 0.3) is 0 Å². The molecule has 2 saturated heterocycles. The Morgan fingerprint density at radius 2 is 0.855 bits per heavy atom. The molecule has 0 saturated carbocycles. The van der Waals surface area contributed by atoms with E-state index in [1.807, 2.05) is 0 Å². The van der Waals surface area contributed by atoms with Crippen molar-refractivity contribution in [2.24, 2.45) is 11.8 Å². The SMILES string of the molecule is CCCCCCCCON1C(C)(C)CC(CCCCNc2nc(Cl)nc(NCCCCC3CC(C)(C)N(OCCCCCCCC)C(C)(C)C3)n2)CC1(C)C. The van der Waals surface area contributed by atoms with Gasteiger partial charge in [0.2, 0.25) is 17.2 Å². The molecular formula is C45H86ClN7O2. The summed E-state index contributed by atoms with van der Waals surface area (Å²) in [6.07, 6.45) is 27.1. The van der Waals surface area contributed by atoms with Crippen molar-refractivity contribution in [1.29, 1.82) is 0 Å². The Kier molecular flexibility index (Phi) is 21.0. The van der Waals surface area contributed by atoms with Gasteiger partial charge in [0.05, 0.1) is 13.2 Å². The Balaban J connectivity index is 1.32. The smallest absolute Gasteiger partial charge is 0.228 e. The summed E-state index contributed by atoms with van der Waals surface area (Å²) in [7, 11) is 0. The zero-order valence-corrected chi connectivity index (χ0v) is 38.2. The zero-order valence-electron chi connectivity index (χ0n) is 37.5. The van der Waals surface area contributed by atoms with Crippen molar-refractivity contribution in [3.05, 3.63) is 5.28 Å². The molecule has 55 heavy (non-hydrogen) atoms. The molecule has 0 atom stereocenters. The van der Waals surface area contributed by atoms with E-state index in [1.165, 1.54) is 116 Å². The van der Waals surface area contributed by atoms with E-state index in [0.717, 1.165) is 52.0 Å². The van der Waals surface area contributed by atoms with E-state index < -0.39 is 0 Å².